The zero-order chi connectivity index (χ0) is 19.9. The molecule has 1 aromatic rings. The quantitative estimate of drug-likeness (QED) is 0.583. The molecule has 8 heteroatoms. The van der Waals surface area contributed by atoms with Gasteiger partial charge < -0.3 is 20.3 Å². The lowest BCUT2D eigenvalue weighted by Crippen LogP contribution is -2.50. The van der Waals surface area contributed by atoms with Crippen molar-refractivity contribution in [2.75, 3.05) is 26.7 Å². The van der Waals surface area contributed by atoms with Crippen LogP contribution >= 0.6 is 0 Å². The van der Waals surface area contributed by atoms with Crippen molar-refractivity contribution in [2.45, 2.75) is 51.6 Å². The highest BCUT2D eigenvalue weighted by atomic mass is 19.4. The standard InChI is InChI=1S/C19H29F3N4O/c1-14(2)26-12-9-16(10-13-26)25-18(23-3)24-11-8-15-4-6-17(7-5-15)27-19(20,21)22/h4-7,14,16H,8-13H2,1-3H3,(H2,23,24,25). The van der Waals surface area contributed by atoms with Gasteiger partial charge >= 0.3 is 6.36 Å². The second kappa shape index (κ2) is 9.82. The molecule has 0 amide bonds. The van der Waals surface area contributed by atoms with E-state index in [2.05, 4.69) is 39.1 Å². The number of guanidine groups is 1. The number of ether oxygens (including phenoxy) is 1. The molecule has 152 valence electrons. The van der Waals surface area contributed by atoms with Crippen LogP contribution in [0.2, 0.25) is 0 Å². The van der Waals surface area contributed by atoms with Crippen LogP contribution in [-0.4, -0.2) is 56.0 Å². The first kappa shape index (κ1) is 21.3. The maximum absolute atomic E-state index is 12.2. The third kappa shape index (κ3) is 7.66. The summed E-state index contributed by atoms with van der Waals surface area (Å²) in [6.45, 7) is 7.24. The lowest BCUT2D eigenvalue weighted by atomic mass is 10.0. The molecule has 0 aromatic heterocycles. The average molecular weight is 386 g/mol. The lowest BCUT2D eigenvalue weighted by molar-refractivity contribution is -0.274. The third-order valence-electron chi connectivity index (χ3n) is 4.69. The van der Waals surface area contributed by atoms with Gasteiger partial charge in [-0.3, -0.25) is 4.99 Å². The highest BCUT2D eigenvalue weighted by molar-refractivity contribution is 5.79. The Morgan fingerprint density at radius 3 is 2.37 bits per heavy atom. The predicted octanol–water partition coefficient (Wildman–Crippen LogP) is 3.17. The summed E-state index contributed by atoms with van der Waals surface area (Å²) in [5.74, 6) is 0.555. The van der Waals surface area contributed by atoms with Crippen LogP contribution in [0.25, 0.3) is 0 Å². The van der Waals surface area contributed by atoms with Crippen LogP contribution in [0.5, 0.6) is 5.75 Å². The molecule has 0 spiro atoms. The first-order valence-electron chi connectivity index (χ1n) is 9.33. The summed E-state index contributed by atoms with van der Waals surface area (Å²) < 4.78 is 40.4. The average Bonchev–Trinajstić information content (AvgIpc) is 2.61. The van der Waals surface area contributed by atoms with Crippen molar-refractivity contribution < 1.29 is 17.9 Å². The van der Waals surface area contributed by atoms with Crippen LogP contribution in [0.3, 0.4) is 0 Å². The molecule has 0 unspecified atom stereocenters. The molecule has 2 N–H and O–H groups in total. The van der Waals surface area contributed by atoms with E-state index < -0.39 is 6.36 Å². The van der Waals surface area contributed by atoms with E-state index in [1.165, 1.54) is 12.1 Å². The van der Waals surface area contributed by atoms with Crippen LogP contribution in [0, 0.1) is 0 Å². The van der Waals surface area contributed by atoms with Gasteiger partial charge in [0.2, 0.25) is 0 Å². The molecule has 0 aliphatic carbocycles. The van der Waals surface area contributed by atoms with Crippen molar-refractivity contribution in [2.24, 2.45) is 4.99 Å². The van der Waals surface area contributed by atoms with Crippen molar-refractivity contribution in [3.63, 3.8) is 0 Å². The minimum Gasteiger partial charge on any atom is -0.406 e. The Bertz CT molecular complexity index is 594. The fourth-order valence-electron chi connectivity index (χ4n) is 3.13. The van der Waals surface area contributed by atoms with E-state index >= 15 is 0 Å². The van der Waals surface area contributed by atoms with Crippen molar-refractivity contribution in [3.8, 4) is 5.75 Å². The number of aliphatic imine (C=N–C) groups is 1. The van der Waals surface area contributed by atoms with Crippen LogP contribution in [0.4, 0.5) is 13.2 Å². The van der Waals surface area contributed by atoms with E-state index in [0.717, 1.165) is 37.5 Å². The monoisotopic (exact) mass is 386 g/mol. The first-order valence-corrected chi connectivity index (χ1v) is 9.33. The van der Waals surface area contributed by atoms with E-state index in [0.29, 0.717) is 25.0 Å². The molecule has 27 heavy (non-hydrogen) atoms. The molecule has 1 aliphatic rings. The summed E-state index contributed by atoms with van der Waals surface area (Å²) in [6.07, 6.45) is -1.82. The summed E-state index contributed by atoms with van der Waals surface area (Å²) in [5.41, 5.74) is 0.928. The minimum absolute atomic E-state index is 0.204. The third-order valence-corrected chi connectivity index (χ3v) is 4.69. The number of rotatable bonds is 6. The van der Waals surface area contributed by atoms with Crippen LogP contribution < -0.4 is 15.4 Å². The van der Waals surface area contributed by atoms with Crippen LogP contribution in [-0.2, 0) is 6.42 Å². The Kier molecular flexibility index (Phi) is 7.77. The number of alkyl halides is 3. The van der Waals surface area contributed by atoms with E-state index in [9.17, 15) is 13.2 Å². The maximum atomic E-state index is 12.2. The number of hydrogen-bond acceptors (Lipinski definition) is 3. The molecular formula is C19H29F3N4O. The van der Waals surface area contributed by atoms with Crippen LogP contribution in [0.1, 0.15) is 32.3 Å². The van der Waals surface area contributed by atoms with Crippen molar-refractivity contribution in [1.29, 1.82) is 0 Å². The molecule has 0 saturated carbocycles. The topological polar surface area (TPSA) is 48.9 Å². The van der Waals surface area contributed by atoms with Gasteiger partial charge in [0.15, 0.2) is 5.96 Å². The Labute approximate surface area is 159 Å². The van der Waals surface area contributed by atoms with E-state index in [4.69, 9.17) is 0 Å². The van der Waals surface area contributed by atoms with Gasteiger partial charge in [-0.2, -0.15) is 0 Å². The number of nitrogens with zero attached hydrogens (tertiary/aromatic N) is 2. The van der Waals surface area contributed by atoms with Gasteiger partial charge in [-0.15, -0.1) is 13.2 Å². The van der Waals surface area contributed by atoms with Crippen LogP contribution in [0.15, 0.2) is 29.3 Å². The van der Waals surface area contributed by atoms with Gasteiger partial charge in [-0.1, -0.05) is 12.1 Å². The number of halogens is 3. The van der Waals surface area contributed by atoms with Gasteiger partial charge in [-0.25, -0.2) is 0 Å². The SMILES string of the molecule is CN=C(NCCc1ccc(OC(F)(F)F)cc1)NC1CCN(C(C)C)CC1. The minimum atomic E-state index is -4.66. The Hall–Kier alpha value is -1.96. The van der Waals surface area contributed by atoms with Crippen molar-refractivity contribution >= 4 is 5.96 Å². The van der Waals surface area contributed by atoms with Gasteiger partial charge in [0.25, 0.3) is 0 Å². The molecule has 5 nitrogen and oxygen atoms in total. The second-order valence-corrected chi connectivity index (χ2v) is 6.99. The van der Waals surface area contributed by atoms with E-state index in [1.807, 2.05) is 0 Å². The fraction of sp³-hybridized carbons (Fsp3) is 0.632. The molecular weight excluding hydrogens is 357 g/mol. The number of hydrogen-bond donors (Lipinski definition) is 2. The van der Waals surface area contributed by atoms with Crippen molar-refractivity contribution in [3.05, 3.63) is 29.8 Å². The van der Waals surface area contributed by atoms with Gasteiger partial charge in [0, 0.05) is 38.8 Å². The number of likely N-dealkylation sites (tertiary alicyclic amines) is 1. The Morgan fingerprint density at radius 2 is 1.85 bits per heavy atom. The zero-order valence-electron chi connectivity index (χ0n) is 16.1. The molecule has 2 rings (SSSR count). The van der Waals surface area contributed by atoms with Gasteiger partial charge in [0.05, 0.1) is 0 Å². The summed E-state index contributed by atoms with van der Waals surface area (Å²) in [4.78, 5) is 6.73. The van der Waals surface area contributed by atoms with Crippen molar-refractivity contribution in [1.82, 2.24) is 15.5 Å². The summed E-state index contributed by atoms with van der Waals surface area (Å²) in [6, 6.07) is 6.93. The number of nitrogens with one attached hydrogen (secondary N) is 2. The second-order valence-electron chi connectivity index (χ2n) is 6.99. The largest absolute Gasteiger partial charge is 0.573 e. The van der Waals surface area contributed by atoms with Gasteiger partial charge in [0.1, 0.15) is 5.75 Å². The lowest BCUT2D eigenvalue weighted by Gasteiger charge is -2.35. The highest BCUT2D eigenvalue weighted by Crippen LogP contribution is 2.22. The van der Waals surface area contributed by atoms with E-state index in [-0.39, 0.29) is 5.75 Å². The Morgan fingerprint density at radius 1 is 1.22 bits per heavy atom. The zero-order valence-corrected chi connectivity index (χ0v) is 16.1. The summed E-state index contributed by atoms with van der Waals surface area (Å²) in [5, 5.41) is 6.72. The molecule has 0 bridgehead atoms. The molecule has 1 aliphatic heterocycles. The molecule has 0 radical (unpaired) electrons. The molecule has 1 saturated heterocycles. The van der Waals surface area contributed by atoms with E-state index in [1.54, 1.807) is 19.2 Å². The predicted molar refractivity (Wildman–Crippen MR) is 101 cm³/mol. The number of benzene rings is 1. The Balaban J connectivity index is 1.72. The maximum Gasteiger partial charge on any atom is 0.573 e. The van der Waals surface area contributed by atoms with Gasteiger partial charge in [-0.05, 0) is 50.8 Å². The first-order chi connectivity index (χ1) is 12.8. The smallest absolute Gasteiger partial charge is 0.406 e. The fourth-order valence-corrected chi connectivity index (χ4v) is 3.13. The molecule has 1 heterocycles. The highest BCUT2D eigenvalue weighted by Gasteiger charge is 2.30. The number of piperidine rings is 1. The molecule has 1 aromatic carbocycles. The molecule has 1 fully saturated rings. The normalized spacial score (nSPS) is 17.2. The molecule has 0 atom stereocenters. The summed E-state index contributed by atoms with van der Waals surface area (Å²) in [7, 11) is 1.74. The summed E-state index contributed by atoms with van der Waals surface area (Å²) >= 11 is 0.